The number of β-amino-alcohol motifs (C(OH)–C–C–N with tert-alkyl or cyclic N) is 1. The molecule has 138 valence electrons. The van der Waals surface area contributed by atoms with Crippen LogP contribution < -0.4 is 5.32 Å². The molecule has 2 atom stereocenters. The summed E-state index contributed by atoms with van der Waals surface area (Å²) in [7, 11) is 0. The second-order valence-corrected chi connectivity index (χ2v) is 6.32. The predicted molar refractivity (Wildman–Crippen MR) is 92.6 cm³/mol. The summed E-state index contributed by atoms with van der Waals surface area (Å²) < 4.78 is 5.12. The van der Waals surface area contributed by atoms with Gasteiger partial charge in [0.1, 0.15) is 17.0 Å². The number of nitrogens with one attached hydrogen (secondary N) is 1. The highest BCUT2D eigenvalue weighted by atomic mass is 16.5. The van der Waals surface area contributed by atoms with Gasteiger partial charge in [0.15, 0.2) is 0 Å². The van der Waals surface area contributed by atoms with Crippen molar-refractivity contribution in [2.24, 2.45) is 0 Å². The summed E-state index contributed by atoms with van der Waals surface area (Å²) in [6.07, 6.45) is 1.74. The van der Waals surface area contributed by atoms with Crippen molar-refractivity contribution in [3.8, 4) is 0 Å². The van der Waals surface area contributed by atoms with E-state index in [9.17, 15) is 14.7 Å². The van der Waals surface area contributed by atoms with Crippen molar-refractivity contribution in [1.29, 1.82) is 0 Å². The number of aryl methyl sites for hydroxylation is 2. The monoisotopic (exact) mass is 358 g/mol. The van der Waals surface area contributed by atoms with Gasteiger partial charge in [-0.2, -0.15) is 0 Å². The molecule has 1 saturated heterocycles. The van der Waals surface area contributed by atoms with E-state index in [4.69, 9.17) is 4.52 Å². The van der Waals surface area contributed by atoms with E-state index in [0.717, 1.165) is 0 Å². The Kier molecular flexibility index (Phi) is 5.32. The van der Waals surface area contributed by atoms with Crippen molar-refractivity contribution in [2.45, 2.75) is 38.8 Å². The van der Waals surface area contributed by atoms with E-state index in [0.29, 0.717) is 42.1 Å². The molecule has 2 N–H and O–H groups in total. The van der Waals surface area contributed by atoms with Gasteiger partial charge in [-0.1, -0.05) is 18.1 Å². The lowest BCUT2D eigenvalue weighted by molar-refractivity contribution is 0.0312. The van der Waals surface area contributed by atoms with Crippen LogP contribution in [0.3, 0.4) is 0 Å². The fraction of sp³-hybridized carbons (Fsp3) is 0.444. The fourth-order valence-corrected chi connectivity index (χ4v) is 3.12. The molecule has 0 saturated carbocycles. The second kappa shape index (κ2) is 7.65. The number of pyridine rings is 1. The Morgan fingerprint density at radius 2 is 2.23 bits per heavy atom. The van der Waals surface area contributed by atoms with Gasteiger partial charge in [0.25, 0.3) is 11.8 Å². The second-order valence-electron chi connectivity index (χ2n) is 6.32. The van der Waals surface area contributed by atoms with Gasteiger partial charge in [-0.25, -0.2) is 0 Å². The van der Waals surface area contributed by atoms with Crippen LogP contribution in [0.15, 0.2) is 28.9 Å². The van der Waals surface area contributed by atoms with Crippen LogP contribution in [0.2, 0.25) is 0 Å². The van der Waals surface area contributed by atoms with Gasteiger partial charge < -0.3 is 19.8 Å². The molecule has 2 aromatic heterocycles. The highest BCUT2D eigenvalue weighted by molar-refractivity contribution is 5.96. The zero-order valence-electron chi connectivity index (χ0n) is 14.8. The van der Waals surface area contributed by atoms with E-state index in [1.807, 2.05) is 6.92 Å². The molecule has 0 unspecified atom stereocenters. The molecule has 0 aromatic carbocycles. The van der Waals surface area contributed by atoms with Crippen LogP contribution in [-0.4, -0.2) is 57.2 Å². The van der Waals surface area contributed by atoms with E-state index in [1.54, 1.807) is 36.2 Å². The molecule has 1 aliphatic heterocycles. The first-order valence-corrected chi connectivity index (χ1v) is 8.65. The highest BCUT2D eigenvalue weighted by Gasteiger charge is 2.34. The van der Waals surface area contributed by atoms with Crippen LogP contribution in [0, 0.1) is 6.92 Å². The van der Waals surface area contributed by atoms with Gasteiger partial charge in [0, 0.05) is 19.3 Å². The van der Waals surface area contributed by atoms with Crippen molar-refractivity contribution in [2.75, 3.05) is 13.1 Å². The fourth-order valence-electron chi connectivity index (χ4n) is 3.12. The van der Waals surface area contributed by atoms with E-state index in [1.165, 1.54) is 0 Å². The number of hydrogen-bond donors (Lipinski definition) is 2. The average molecular weight is 358 g/mol. The number of piperidine rings is 1. The average Bonchev–Trinajstić information content (AvgIpc) is 3.04. The topological polar surface area (TPSA) is 109 Å². The van der Waals surface area contributed by atoms with Crippen LogP contribution in [0.25, 0.3) is 0 Å². The van der Waals surface area contributed by atoms with Crippen LogP contribution in [-0.2, 0) is 6.42 Å². The third-order valence-electron chi connectivity index (χ3n) is 4.57. The van der Waals surface area contributed by atoms with Crippen LogP contribution >= 0.6 is 0 Å². The molecule has 0 aliphatic carbocycles. The van der Waals surface area contributed by atoms with Gasteiger partial charge in [-0.05, 0) is 31.9 Å². The molecule has 8 nitrogen and oxygen atoms in total. The summed E-state index contributed by atoms with van der Waals surface area (Å²) in [6.45, 7) is 4.18. The Labute approximate surface area is 151 Å². The predicted octanol–water partition coefficient (Wildman–Crippen LogP) is 0.946. The molecule has 8 heteroatoms. The van der Waals surface area contributed by atoms with Crippen molar-refractivity contribution in [3.05, 3.63) is 47.1 Å². The first-order valence-electron chi connectivity index (χ1n) is 8.65. The number of rotatable bonds is 4. The summed E-state index contributed by atoms with van der Waals surface area (Å²) in [5.74, 6) is -0.0568. The Hall–Kier alpha value is -2.74. The van der Waals surface area contributed by atoms with Crippen molar-refractivity contribution >= 4 is 11.8 Å². The lowest BCUT2D eigenvalue weighted by Gasteiger charge is -2.36. The minimum Gasteiger partial charge on any atom is -0.389 e. The molecule has 1 aliphatic rings. The first-order chi connectivity index (χ1) is 12.5. The third kappa shape index (κ3) is 3.60. The minimum absolute atomic E-state index is 0.139. The van der Waals surface area contributed by atoms with E-state index < -0.39 is 12.1 Å². The number of aromatic nitrogens is 2. The van der Waals surface area contributed by atoms with Crippen LogP contribution in [0.4, 0.5) is 0 Å². The van der Waals surface area contributed by atoms with Crippen LogP contribution in [0.1, 0.15) is 45.6 Å². The van der Waals surface area contributed by atoms with Gasteiger partial charge in [0.05, 0.1) is 17.8 Å². The normalized spacial score (nSPS) is 20.0. The third-order valence-corrected chi connectivity index (χ3v) is 4.57. The number of aliphatic hydroxyl groups is 1. The summed E-state index contributed by atoms with van der Waals surface area (Å²) in [4.78, 5) is 30.6. The SMILES string of the molecule is CCc1noc(C)c1C(=O)N1CC[C@@H](NC(=O)c2ccccn2)[C@H](O)C1. The number of nitrogens with zero attached hydrogens (tertiary/aromatic N) is 3. The summed E-state index contributed by atoms with van der Waals surface area (Å²) in [5.41, 5.74) is 1.38. The molecule has 2 amide bonds. The molecule has 2 aromatic rings. The van der Waals surface area contributed by atoms with Gasteiger partial charge in [0.2, 0.25) is 0 Å². The summed E-state index contributed by atoms with van der Waals surface area (Å²) in [6, 6.07) is 4.64. The molecule has 1 fully saturated rings. The Bertz CT molecular complexity index is 790. The number of aliphatic hydroxyl groups excluding tert-OH is 1. The number of likely N-dealkylation sites (tertiary alicyclic amines) is 1. The summed E-state index contributed by atoms with van der Waals surface area (Å²) in [5, 5.41) is 17.1. The van der Waals surface area contributed by atoms with Crippen molar-refractivity contribution in [1.82, 2.24) is 20.4 Å². The van der Waals surface area contributed by atoms with Crippen molar-refractivity contribution < 1.29 is 19.2 Å². The lowest BCUT2D eigenvalue weighted by atomic mass is 10.00. The lowest BCUT2D eigenvalue weighted by Crippen LogP contribution is -2.55. The maximum absolute atomic E-state index is 12.8. The number of carbonyl (C=O) groups is 2. The Morgan fingerprint density at radius 3 is 2.88 bits per heavy atom. The number of amides is 2. The molecular weight excluding hydrogens is 336 g/mol. The maximum atomic E-state index is 12.8. The Balaban J connectivity index is 1.64. The minimum atomic E-state index is -0.856. The zero-order chi connectivity index (χ0) is 18.7. The van der Waals surface area contributed by atoms with E-state index in [-0.39, 0.29) is 18.4 Å². The molecule has 26 heavy (non-hydrogen) atoms. The summed E-state index contributed by atoms with van der Waals surface area (Å²) >= 11 is 0. The largest absolute Gasteiger partial charge is 0.389 e. The molecular formula is C18H22N4O4. The first kappa shape index (κ1) is 18.1. The van der Waals surface area contributed by atoms with Gasteiger partial charge >= 0.3 is 0 Å². The smallest absolute Gasteiger partial charge is 0.270 e. The van der Waals surface area contributed by atoms with Gasteiger partial charge in [-0.15, -0.1) is 0 Å². The van der Waals surface area contributed by atoms with Crippen LogP contribution in [0.5, 0.6) is 0 Å². The highest BCUT2D eigenvalue weighted by Crippen LogP contribution is 2.20. The number of hydrogen-bond acceptors (Lipinski definition) is 6. The standard InChI is InChI=1S/C18H22N4O4/c1-3-12-16(11(2)26-21-12)18(25)22-9-7-13(15(23)10-22)20-17(24)14-6-4-5-8-19-14/h4-6,8,13,15,23H,3,7,9-10H2,1-2H3,(H,20,24)/t13-,15-/m1/s1. The van der Waals surface area contributed by atoms with E-state index in [2.05, 4.69) is 15.5 Å². The molecule has 0 radical (unpaired) electrons. The van der Waals surface area contributed by atoms with E-state index >= 15 is 0 Å². The molecule has 0 spiro atoms. The van der Waals surface area contributed by atoms with Gasteiger partial charge in [-0.3, -0.25) is 14.6 Å². The van der Waals surface area contributed by atoms with Crippen molar-refractivity contribution in [3.63, 3.8) is 0 Å². The molecule has 0 bridgehead atoms. The molecule has 3 rings (SSSR count). The quantitative estimate of drug-likeness (QED) is 0.842. The zero-order valence-corrected chi connectivity index (χ0v) is 14.8. The maximum Gasteiger partial charge on any atom is 0.270 e. The Morgan fingerprint density at radius 1 is 1.42 bits per heavy atom. The molecule has 3 heterocycles. The number of carbonyl (C=O) groups excluding carboxylic acids is 2.